The van der Waals surface area contributed by atoms with Gasteiger partial charge in [0.15, 0.2) is 0 Å². The van der Waals surface area contributed by atoms with Crippen LogP contribution in [0.25, 0.3) is 0 Å². The summed E-state index contributed by atoms with van der Waals surface area (Å²) >= 11 is 0. The Hall–Kier alpha value is -1.32. The Balaban J connectivity index is 4.91. The lowest BCUT2D eigenvalue weighted by Crippen LogP contribution is -2.17. The monoisotopic (exact) mass is 396 g/mol. The van der Waals surface area contributed by atoms with Crippen molar-refractivity contribution in [3.63, 3.8) is 0 Å². The van der Waals surface area contributed by atoms with E-state index in [1.807, 2.05) is 0 Å². The smallest absolute Gasteiger partial charge is 0.334 e. The van der Waals surface area contributed by atoms with E-state index in [0.29, 0.717) is 37.2 Å². The number of hydrogen-bond acceptors (Lipinski definition) is 4. The summed E-state index contributed by atoms with van der Waals surface area (Å²) in [6.45, 7) is 8.64. The van der Waals surface area contributed by atoms with Crippen molar-refractivity contribution in [3.05, 3.63) is 11.1 Å². The van der Waals surface area contributed by atoms with Crippen LogP contribution in [0.3, 0.4) is 0 Å². The summed E-state index contributed by atoms with van der Waals surface area (Å²) in [5.41, 5.74) is 1.09. The first-order chi connectivity index (χ1) is 13.6. The zero-order valence-electron chi connectivity index (χ0n) is 18.9. The van der Waals surface area contributed by atoms with Crippen molar-refractivity contribution in [1.29, 1.82) is 0 Å². The highest BCUT2D eigenvalue weighted by molar-refractivity contribution is 6.00. The van der Waals surface area contributed by atoms with Gasteiger partial charge in [-0.25, -0.2) is 9.59 Å². The number of carbonyl (C=O) groups excluding carboxylic acids is 2. The largest absolute Gasteiger partial charge is 0.463 e. The van der Waals surface area contributed by atoms with E-state index in [1.165, 1.54) is 38.5 Å². The molecule has 0 aliphatic heterocycles. The third-order valence-electron chi connectivity index (χ3n) is 4.97. The topological polar surface area (TPSA) is 52.6 Å². The van der Waals surface area contributed by atoms with Crippen LogP contribution in [0.2, 0.25) is 0 Å². The maximum absolute atomic E-state index is 12.5. The lowest BCUT2D eigenvalue weighted by molar-refractivity contribution is -0.142. The van der Waals surface area contributed by atoms with Crippen molar-refractivity contribution in [2.45, 2.75) is 118 Å². The first-order valence-electron chi connectivity index (χ1n) is 11.7. The first kappa shape index (κ1) is 26.7. The highest BCUT2D eigenvalue weighted by Crippen LogP contribution is 2.23. The molecule has 4 heteroatoms. The predicted octanol–water partition coefficient (Wildman–Crippen LogP) is 6.91. The molecule has 0 radical (unpaired) electrons. The number of rotatable bonds is 18. The second-order valence-electron chi connectivity index (χ2n) is 7.43. The molecule has 0 unspecified atom stereocenters. The van der Waals surface area contributed by atoms with E-state index in [2.05, 4.69) is 13.8 Å². The molecule has 4 nitrogen and oxygen atoms in total. The minimum atomic E-state index is -0.346. The average molecular weight is 397 g/mol. The van der Waals surface area contributed by atoms with Crippen molar-refractivity contribution in [1.82, 2.24) is 0 Å². The summed E-state index contributed by atoms with van der Waals surface area (Å²) in [6.07, 6.45) is 15.1. The van der Waals surface area contributed by atoms with Gasteiger partial charge in [0.25, 0.3) is 0 Å². The summed E-state index contributed by atoms with van der Waals surface area (Å²) < 4.78 is 10.5. The van der Waals surface area contributed by atoms with Gasteiger partial charge >= 0.3 is 11.9 Å². The molecule has 164 valence electrons. The molecule has 0 spiro atoms. The van der Waals surface area contributed by atoms with Crippen molar-refractivity contribution < 1.29 is 19.1 Å². The highest BCUT2D eigenvalue weighted by Gasteiger charge is 2.22. The fourth-order valence-corrected chi connectivity index (χ4v) is 3.35. The van der Waals surface area contributed by atoms with Crippen molar-refractivity contribution in [3.8, 4) is 0 Å². The fourth-order valence-electron chi connectivity index (χ4n) is 3.35. The molecule has 0 fully saturated rings. The van der Waals surface area contributed by atoms with E-state index in [-0.39, 0.29) is 11.9 Å². The van der Waals surface area contributed by atoms with Gasteiger partial charge in [-0.15, -0.1) is 0 Å². The van der Waals surface area contributed by atoms with Crippen LogP contribution in [0.5, 0.6) is 0 Å². The van der Waals surface area contributed by atoms with Crippen LogP contribution < -0.4 is 0 Å². The van der Waals surface area contributed by atoms with E-state index >= 15 is 0 Å². The molecule has 0 amide bonds. The molecule has 0 aromatic heterocycles. The molecule has 0 aromatic rings. The Labute approximate surface area is 173 Å². The predicted molar refractivity (Wildman–Crippen MR) is 116 cm³/mol. The van der Waals surface area contributed by atoms with Crippen LogP contribution in [-0.4, -0.2) is 25.2 Å². The molecule has 0 atom stereocenters. The van der Waals surface area contributed by atoms with Gasteiger partial charge < -0.3 is 9.47 Å². The normalized spacial score (nSPS) is 11.9. The lowest BCUT2D eigenvalue weighted by Gasteiger charge is -2.14. The molecule has 28 heavy (non-hydrogen) atoms. The van der Waals surface area contributed by atoms with Gasteiger partial charge in [-0.2, -0.15) is 0 Å². The Kier molecular flexibility index (Phi) is 18.1. The van der Waals surface area contributed by atoms with Crippen LogP contribution in [0.4, 0.5) is 0 Å². The van der Waals surface area contributed by atoms with E-state index < -0.39 is 0 Å². The zero-order chi connectivity index (χ0) is 21.0. The average Bonchev–Trinajstić information content (AvgIpc) is 2.68. The number of esters is 2. The number of hydrogen-bond donors (Lipinski definition) is 0. The maximum atomic E-state index is 12.5. The van der Waals surface area contributed by atoms with Gasteiger partial charge in [-0.3, -0.25) is 0 Å². The van der Waals surface area contributed by atoms with Gasteiger partial charge in [-0.05, 0) is 39.5 Å². The molecule has 0 saturated heterocycles. The van der Waals surface area contributed by atoms with E-state index in [4.69, 9.17) is 9.47 Å². The highest BCUT2D eigenvalue weighted by atomic mass is 16.5. The second-order valence-corrected chi connectivity index (χ2v) is 7.43. The van der Waals surface area contributed by atoms with Gasteiger partial charge in [-0.1, -0.05) is 78.1 Å². The zero-order valence-corrected chi connectivity index (χ0v) is 18.9. The summed E-state index contributed by atoms with van der Waals surface area (Å²) in [7, 11) is 0. The molecule has 0 aromatic carbocycles. The number of unbranched alkanes of at least 4 members (excludes halogenated alkanes) is 10. The first-order valence-corrected chi connectivity index (χ1v) is 11.7. The molecular formula is C24H44O4. The van der Waals surface area contributed by atoms with Crippen molar-refractivity contribution >= 4 is 11.9 Å². The van der Waals surface area contributed by atoms with Crippen molar-refractivity contribution in [2.75, 3.05) is 13.2 Å². The molecule has 0 aliphatic rings. The van der Waals surface area contributed by atoms with Gasteiger partial charge in [0.1, 0.15) is 0 Å². The standard InChI is InChI=1S/C24H44O4/c1-5-9-11-13-14-15-16-18-20-22(24(26)28-8-4)21(23(25)27-7-3)19-17-12-10-6-2/h5-20H2,1-4H3/b22-21-. The Bertz CT molecular complexity index is 440. The van der Waals surface area contributed by atoms with Crippen LogP contribution in [0.15, 0.2) is 11.1 Å². The van der Waals surface area contributed by atoms with Crippen LogP contribution in [0.1, 0.15) is 118 Å². The molecule has 0 aliphatic carbocycles. The maximum Gasteiger partial charge on any atom is 0.334 e. The SMILES string of the molecule is CCCCCCCCCC/C(C(=O)OCC)=C(\CCCCCC)C(=O)OCC. The van der Waals surface area contributed by atoms with E-state index in [9.17, 15) is 9.59 Å². The quantitative estimate of drug-likeness (QED) is 0.143. The second kappa shape index (κ2) is 19.0. The summed E-state index contributed by atoms with van der Waals surface area (Å²) in [4.78, 5) is 25.0. The Morgan fingerprint density at radius 1 is 0.500 bits per heavy atom. The molecular weight excluding hydrogens is 352 g/mol. The van der Waals surface area contributed by atoms with Gasteiger partial charge in [0.2, 0.25) is 0 Å². The third-order valence-corrected chi connectivity index (χ3v) is 4.97. The van der Waals surface area contributed by atoms with Crippen LogP contribution in [0, 0.1) is 0 Å². The minimum absolute atomic E-state index is 0.325. The molecule has 0 bridgehead atoms. The van der Waals surface area contributed by atoms with Crippen molar-refractivity contribution in [2.24, 2.45) is 0 Å². The summed E-state index contributed by atoms with van der Waals surface area (Å²) in [5, 5.41) is 0. The Morgan fingerprint density at radius 2 is 0.821 bits per heavy atom. The molecule has 0 rings (SSSR count). The fraction of sp³-hybridized carbons (Fsp3) is 0.833. The van der Waals surface area contributed by atoms with E-state index in [1.54, 1.807) is 13.8 Å². The van der Waals surface area contributed by atoms with Crippen LogP contribution in [-0.2, 0) is 19.1 Å². The van der Waals surface area contributed by atoms with E-state index in [0.717, 1.165) is 38.5 Å². The molecule has 0 heterocycles. The van der Waals surface area contributed by atoms with Crippen LogP contribution >= 0.6 is 0 Å². The lowest BCUT2D eigenvalue weighted by atomic mass is 9.96. The van der Waals surface area contributed by atoms with Gasteiger partial charge in [0.05, 0.1) is 13.2 Å². The van der Waals surface area contributed by atoms with Gasteiger partial charge in [0, 0.05) is 11.1 Å². The minimum Gasteiger partial charge on any atom is -0.463 e. The Morgan fingerprint density at radius 3 is 1.18 bits per heavy atom. The number of ether oxygens (including phenoxy) is 2. The number of carbonyl (C=O) groups is 2. The summed E-state index contributed by atoms with van der Waals surface area (Å²) in [5.74, 6) is -0.689. The third kappa shape index (κ3) is 13.0. The molecule has 0 N–H and O–H groups in total. The summed E-state index contributed by atoms with van der Waals surface area (Å²) in [6, 6.07) is 0. The molecule has 0 saturated carbocycles.